The number of allylic oxidation sites excluding steroid dienone is 4. The van der Waals surface area contributed by atoms with Gasteiger partial charge in [-0.2, -0.15) is 0 Å². The Morgan fingerprint density at radius 3 is 1.97 bits per heavy atom. The standard InChI is InChI=1S/C33H36N2O/c1-26-17-19-30(20-18-26)33(29-15-9-4-10-16-29)35-23-21-34(22-24-35)32(36)25-31(27-11-5-2-6-12-27)28-13-7-3-8-14-28/h2,4-7,9-20,31,33H,3,8,21-25H2,1H3. The molecular weight excluding hydrogens is 440 g/mol. The molecule has 0 aromatic heterocycles. The van der Waals surface area contributed by atoms with Gasteiger partial charge in [0.2, 0.25) is 5.91 Å². The number of benzene rings is 3. The van der Waals surface area contributed by atoms with Crippen molar-refractivity contribution in [3.05, 3.63) is 131 Å². The third-order valence-electron chi connectivity index (χ3n) is 7.55. The van der Waals surface area contributed by atoms with Crippen molar-refractivity contribution in [1.82, 2.24) is 9.80 Å². The fourth-order valence-corrected chi connectivity index (χ4v) is 5.54. The normalized spacial score (nSPS) is 17.9. The van der Waals surface area contributed by atoms with E-state index < -0.39 is 0 Å². The number of aryl methyl sites for hydroxylation is 1. The highest BCUT2D eigenvalue weighted by molar-refractivity contribution is 5.78. The number of nitrogens with zero attached hydrogens (tertiary/aromatic N) is 2. The molecule has 3 nitrogen and oxygen atoms in total. The molecule has 2 unspecified atom stereocenters. The van der Waals surface area contributed by atoms with Gasteiger partial charge in [-0.15, -0.1) is 0 Å². The third kappa shape index (κ3) is 5.68. The van der Waals surface area contributed by atoms with Gasteiger partial charge in [0.1, 0.15) is 0 Å². The number of piperazine rings is 1. The van der Waals surface area contributed by atoms with Gasteiger partial charge < -0.3 is 4.90 Å². The van der Waals surface area contributed by atoms with E-state index in [0.29, 0.717) is 6.42 Å². The van der Waals surface area contributed by atoms with E-state index in [9.17, 15) is 4.79 Å². The number of carbonyl (C=O) groups excluding carboxylic acids is 1. The highest BCUT2D eigenvalue weighted by atomic mass is 16.2. The van der Waals surface area contributed by atoms with Gasteiger partial charge >= 0.3 is 0 Å². The maximum absolute atomic E-state index is 13.5. The van der Waals surface area contributed by atoms with Crippen LogP contribution >= 0.6 is 0 Å². The molecule has 3 aromatic rings. The molecule has 184 valence electrons. The lowest BCUT2D eigenvalue weighted by atomic mass is 9.85. The summed E-state index contributed by atoms with van der Waals surface area (Å²) in [5, 5.41) is 0. The fraction of sp³-hybridized carbons (Fsp3) is 0.303. The summed E-state index contributed by atoms with van der Waals surface area (Å²) in [5.74, 6) is 0.382. The third-order valence-corrected chi connectivity index (χ3v) is 7.55. The summed E-state index contributed by atoms with van der Waals surface area (Å²) in [6, 6.07) is 30.4. The Labute approximate surface area is 215 Å². The van der Waals surface area contributed by atoms with E-state index in [2.05, 4.69) is 114 Å². The van der Waals surface area contributed by atoms with Crippen LogP contribution in [0.2, 0.25) is 0 Å². The highest BCUT2D eigenvalue weighted by Crippen LogP contribution is 2.33. The maximum atomic E-state index is 13.5. The zero-order chi connectivity index (χ0) is 24.7. The van der Waals surface area contributed by atoms with Crippen molar-refractivity contribution in [2.75, 3.05) is 26.2 Å². The van der Waals surface area contributed by atoms with Gasteiger partial charge in [0, 0.05) is 38.5 Å². The molecule has 5 rings (SSSR count). The Balaban J connectivity index is 1.29. The first kappa shape index (κ1) is 24.3. The van der Waals surface area contributed by atoms with Crippen LogP contribution in [0.1, 0.15) is 53.5 Å². The predicted octanol–water partition coefficient (Wildman–Crippen LogP) is 6.68. The van der Waals surface area contributed by atoms with Gasteiger partial charge in [0.25, 0.3) is 0 Å². The van der Waals surface area contributed by atoms with E-state index in [1.807, 2.05) is 6.07 Å². The van der Waals surface area contributed by atoms with Crippen LogP contribution in [-0.2, 0) is 4.79 Å². The van der Waals surface area contributed by atoms with E-state index in [1.165, 1.54) is 27.8 Å². The smallest absolute Gasteiger partial charge is 0.223 e. The first-order valence-corrected chi connectivity index (χ1v) is 13.2. The molecule has 0 saturated carbocycles. The van der Waals surface area contributed by atoms with Crippen LogP contribution < -0.4 is 0 Å². The van der Waals surface area contributed by atoms with Crippen LogP contribution in [-0.4, -0.2) is 41.9 Å². The Morgan fingerprint density at radius 2 is 1.36 bits per heavy atom. The largest absolute Gasteiger partial charge is 0.340 e. The zero-order valence-corrected chi connectivity index (χ0v) is 21.2. The minimum atomic E-state index is 0.123. The summed E-state index contributed by atoms with van der Waals surface area (Å²) in [4.78, 5) is 18.1. The molecule has 3 heteroatoms. The van der Waals surface area contributed by atoms with E-state index >= 15 is 0 Å². The molecule has 0 N–H and O–H groups in total. The lowest BCUT2D eigenvalue weighted by molar-refractivity contribution is -0.133. The van der Waals surface area contributed by atoms with Crippen LogP contribution in [0.25, 0.3) is 0 Å². The van der Waals surface area contributed by atoms with Gasteiger partial charge in [0.15, 0.2) is 0 Å². The van der Waals surface area contributed by atoms with Crippen molar-refractivity contribution < 1.29 is 4.79 Å². The first-order chi connectivity index (χ1) is 17.7. The molecule has 0 bridgehead atoms. The Kier molecular flexibility index (Phi) is 7.78. The van der Waals surface area contributed by atoms with Crippen LogP contribution in [0.5, 0.6) is 0 Å². The number of carbonyl (C=O) groups is 1. The van der Waals surface area contributed by atoms with E-state index in [4.69, 9.17) is 0 Å². The second-order valence-corrected chi connectivity index (χ2v) is 9.99. The van der Waals surface area contributed by atoms with Crippen molar-refractivity contribution in [3.63, 3.8) is 0 Å². The number of hydrogen-bond acceptors (Lipinski definition) is 2. The summed E-state index contributed by atoms with van der Waals surface area (Å²) in [7, 11) is 0. The number of amides is 1. The SMILES string of the molecule is Cc1ccc(C(c2ccccc2)N2CCN(C(=O)CC(C3=CCCC=C3)c3ccccc3)CC2)cc1. The molecule has 0 spiro atoms. The predicted molar refractivity (Wildman–Crippen MR) is 148 cm³/mol. The minimum absolute atomic E-state index is 0.123. The van der Waals surface area contributed by atoms with Gasteiger partial charge in [-0.05, 0) is 42.0 Å². The highest BCUT2D eigenvalue weighted by Gasteiger charge is 2.30. The maximum Gasteiger partial charge on any atom is 0.223 e. The van der Waals surface area contributed by atoms with E-state index in [0.717, 1.165) is 39.0 Å². The summed E-state index contributed by atoms with van der Waals surface area (Å²) in [6.45, 7) is 5.41. The molecule has 36 heavy (non-hydrogen) atoms. The first-order valence-electron chi connectivity index (χ1n) is 13.2. The van der Waals surface area contributed by atoms with Crippen molar-refractivity contribution >= 4 is 5.91 Å². The van der Waals surface area contributed by atoms with Crippen LogP contribution in [0.15, 0.2) is 109 Å². The topological polar surface area (TPSA) is 23.6 Å². The second-order valence-electron chi connectivity index (χ2n) is 9.99. The molecule has 2 atom stereocenters. The summed E-state index contributed by atoms with van der Waals surface area (Å²) >= 11 is 0. The Hall–Kier alpha value is -3.43. The molecule has 0 radical (unpaired) electrons. The molecule has 1 aliphatic heterocycles. The second kappa shape index (κ2) is 11.5. The summed E-state index contributed by atoms with van der Waals surface area (Å²) < 4.78 is 0. The Bertz CT molecular complexity index is 1190. The number of hydrogen-bond donors (Lipinski definition) is 0. The van der Waals surface area contributed by atoms with Crippen molar-refractivity contribution in [1.29, 1.82) is 0 Å². The van der Waals surface area contributed by atoms with Gasteiger partial charge in [0.05, 0.1) is 6.04 Å². The molecular formula is C33H36N2O. The molecule has 1 saturated heterocycles. The van der Waals surface area contributed by atoms with Gasteiger partial charge in [-0.25, -0.2) is 0 Å². The van der Waals surface area contributed by atoms with E-state index in [-0.39, 0.29) is 17.9 Å². The minimum Gasteiger partial charge on any atom is -0.340 e. The lowest BCUT2D eigenvalue weighted by Crippen LogP contribution is -2.50. The zero-order valence-electron chi connectivity index (χ0n) is 21.2. The average molecular weight is 477 g/mol. The van der Waals surface area contributed by atoms with Crippen LogP contribution in [0.3, 0.4) is 0 Å². The summed E-state index contributed by atoms with van der Waals surface area (Å²) in [5.41, 5.74) is 6.40. The summed E-state index contributed by atoms with van der Waals surface area (Å²) in [6.07, 6.45) is 9.45. The lowest BCUT2D eigenvalue weighted by Gasteiger charge is -2.40. The fourth-order valence-electron chi connectivity index (χ4n) is 5.54. The van der Waals surface area contributed by atoms with Gasteiger partial charge in [-0.3, -0.25) is 9.69 Å². The molecule has 1 aliphatic carbocycles. The molecule has 2 aliphatic rings. The average Bonchev–Trinajstić information content (AvgIpc) is 2.95. The quantitative estimate of drug-likeness (QED) is 0.380. The molecule has 1 amide bonds. The Morgan fingerprint density at radius 1 is 0.750 bits per heavy atom. The van der Waals surface area contributed by atoms with Gasteiger partial charge in [-0.1, -0.05) is 109 Å². The van der Waals surface area contributed by atoms with Crippen molar-refractivity contribution in [2.45, 2.75) is 38.1 Å². The van der Waals surface area contributed by atoms with Crippen molar-refractivity contribution in [3.8, 4) is 0 Å². The molecule has 3 aromatic carbocycles. The molecule has 1 fully saturated rings. The van der Waals surface area contributed by atoms with Crippen molar-refractivity contribution in [2.24, 2.45) is 0 Å². The monoisotopic (exact) mass is 476 g/mol. The van der Waals surface area contributed by atoms with Crippen LogP contribution in [0.4, 0.5) is 0 Å². The molecule has 1 heterocycles. The van der Waals surface area contributed by atoms with Crippen LogP contribution in [0, 0.1) is 6.92 Å². The van der Waals surface area contributed by atoms with E-state index in [1.54, 1.807) is 0 Å². The number of rotatable bonds is 7.